The Kier molecular flexibility index (Phi) is 5.65. The number of benzene rings is 2. The van der Waals surface area contributed by atoms with Crippen LogP contribution in [0.15, 0.2) is 79.6 Å². The van der Waals surface area contributed by atoms with E-state index in [0.717, 1.165) is 58.6 Å². The normalized spacial score (nSPS) is 16.0. The summed E-state index contributed by atoms with van der Waals surface area (Å²) in [5, 5.41) is 6.00. The van der Waals surface area contributed by atoms with Crippen molar-refractivity contribution in [2.45, 2.75) is 25.8 Å². The molecule has 2 aromatic heterocycles. The Balaban J connectivity index is 1.45. The molecule has 0 radical (unpaired) electrons. The van der Waals surface area contributed by atoms with Crippen LogP contribution < -0.4 is 4.74 Å². The molecule has 33 heavy (non-hydrogen) atoms. The third-order valence-electron chi connectivity index (χ3n) is 6.09. The number of piperidine rings is 1. The largest absolute Gasteiger partial charge is 0.457 e. The van der Waals surface area contributed by atoms with Crippen LogP contribution in [0.25, 0.3) is 22.2 Å². The maximum atomic E-state index is 12.2. The molecular formula is C27H26N4O2. The second-order valence-corrected chi connectivity index (χ2v) is 8.41. The number of aromatic nitrogens is 3. The maximum absolute atomic E-state index is 12.2. The minimum Gasteiger partial charge on any atom is -0.457 e. The summed E-state index contributed by atoms with van der Waals surface area (Å²) >= 11 is 0. The predicted molar refractivity (Wildman–Crippen MR) is 129 cm³/mol. The van der Waals surface area contributed by atoms with Gasteiger partial charge in [-0.2, -0.15) is 5.10 Å². The lowest BCUT2D eigenvalue weighted by Gasteiger charge is -2.32. The number of fused-ring (bicyclic) bond motifs is 1. The first-order valence-corrected chi connectivity index (χ1v) is 11.2. The molecule has 1 aliphatic heterocycles. The Bertz CT molecular complexity index is 1310. The van der Waals surface area contributed by atoms with Gasteiger partial charge >= 0.3 is 0 Å². The van der Waals surface area contributed by atoms with Crippen LogP contribution in [-0.2, 0) is 4.79 Å². The van der Waals surface area contributed by atoms with Gasteiger partial charge in [-0.1, -0.05) is 18.7 Å². The Morgan fingerprint density at radius 1 is 1.15 bits per heavy atom. The molecule has 1 amide bonds. The highest BCUT2D eigenvalue weighted by Crippen LogP contribution is 2.33. The average molecular weight is 439 g/mol. The molecule has 0 saturated carbocycles. The number of rotatable bonds is 5. The highest BCUT2D eigenvalue weighted by molar-refractivity contribution is 5.93. The number of nitrogens with zero attached hydrogens (tertiary/aromatic N) is 4. The maximum Gasteiger partial charge on any atom is 0.246 e. The van der Waals surface area contributed by atoms with Gasteiger partial charge in [-0.3, -0.25) is 14.5 Å². The van der Waals surface area contributed by atoms with Crippen molar-refractivity contribution in [3.63, 3.8) is 0 Å². The SMILES string of the molecule is C=CC(=O)N1CCC[C@@H](n2nc(-c3ccc(Oc4cccc(C)c4)cc3)c3cnccc32)C1. The molecule has 0 aliphatic carbocycles. The fourth-order valence-electron chi connectivity index (χ4n) is 4.46. The van der Waals surface area contributed by atoms with Gasteiger partial charge in [-0.05, 0) is 73.9 Å². The number of likely N-dealkylation sites (tertiary alicyclic amines) is 1. The highest BCUT2D eigenvalue weighted by atomic mass is 16.5. The number of hydrogen-bond acceptors (Lipinski definition) is 4. The van der Waals surface area contributed by atoms with E-state index in [4.69, 9.17) is 9.84 Å². The summed E-state index contributed by atoms with van der Waals surface area (Å²) in [7, 11) is 0. The standard InChI is InChI=1S/C27H26N4O2/c1-3-26(32)30-15-5-7-21(18-30)31-25-13-14-28-17-24(25)27(29-31)20-9-11-22(12-10-20)33-23-8-4-6-19(2)16-23/h3-4,6,8-14,16-17,21H,1,5,7,15,18H2,2H3/t21-/m1/s1. The second-order valence-electron chi connectivity index (χ2n) is 8.41. The van der Waals surface area contributed by atoms with Crippen molar-refractivity contribution in [2.24, 2.45) is 0 Å². The van der Waals surface area contributed by atoms with Crippen LogP contribution in [0.4, 0.5) is 0 Å². The summed E-state index contributed by atoms with van der Waals surface area (Å²) in [6.45, 7) is 7.07. The van der Waals surface area contributed by atoms with E-state index in [1.807, 2.05) is 72.6 Å². The number of carbonyl (C=O) groups excluding carboxylic acids is 1. The van der Waals surface area contributed by atoms with Gasteiger partial charge in [0.25, 0.3) is 0 Å². The fourth-order valence-corrected chi connectivity index (χ4v) is 4.46. The van der Waals surface area contributed by atoms with E-state index >= 15 is 0 Å². The van der Waals surface area contributed by atoms with Gasteiger partial charge < -0.3 is 9.64 Å². The summed E-state index contributed by atoms with van der Waals surface area (Å²) in [4.78, 5) is 18.4. The fraction of sp³-hybridized carbons (Fsp3) is 0.222. The van der Waals surface area contributed by atoms with Crippen LogP contribution in [0, 0.1) is 6.92 Å². The first kappa shape index (κ1) is 20.9. The van der Waals surface area contributed by atoms with E-state index in [1.165, 1.54) is 6.08 Å². The van der Waals surface area contributed by atoms with Crippen LogP contribution in [0.2, 0.25) is 0 Å². The lowest BCUT2D eigenvalue weighted by Crippen LogP contribution is -2.40. The van der Waals surface area contributed by atoms with Gasteiger partial charge in [-0.15, -0.1) is 0 Å². The Morgan fingerprint density at radius 2 is 2.00 bits per heavy atom. The quantitative estimate of drug-likeness (QED) is 0.383. The molecule has 1 atom stereocenters. The summed E-state index contributed by atoms with van der Waals surface area (Å²) in [6, 6.07) is 18.1. The molecule has 0 N–H and O–H groups in total. The third-order valence-corrected chi connectivity index (χ3v) is 6.09. The summed E-state index contributed by atoms with van der Waals surface area (Å²) < 4.78 is 8.06. The van der Waals surface area contributed by atoms with Crippen molar-refractivity contribution in [1.29, 1.82) is 0 Å². The number of aryl methyl sites for hydroxylation is 1. The van der Waals surface area contributed by atoms with Crippen LogP contribution in [0.1, 0.15) is 24.4 Å². The molecule has 1 aliphatic rings. The van der Waals surface area contributed by atoms with Gasteiger partial charge in [-0.25, -0.2) is 0 Å². The molecule has 0 bridgehead atoms. The second kappa shape index (κ2) is 8.90. The number of hydrogen-bond donors (Lipinski definition) is 0. The molecule has 1 saturated heterocycles. The summed E-state index contributed by atoms with van der Waals surface area (Å²) in [5.41, 5.74) is 4.06. The zero-order chi connectivity index (χ0) is 22.8. The molecule has 0 spiro atoms. The van der Waals surface area contributed by atoms with Crippen LogP contribution in [0.5, 0.6) is 11.5 Å². The number of amides is 1. The summed E-state index contributed by atoms with van der Waals surface area (Å²) in [5.74, 6) is 1.57. The predicted octanol–water partition coefficient (Wildman–Crippen LogP) is 5.55. The first-order valence-electron chi connectivity index (χ1n) is 11.2. The van der Waals surface area contributed by atoms with Crippen LogP contribution in [-0.4, -0.2) is 38.7 Å². The molecule has 5 rings (SSSR count). The number of ether oxygens (including phenoxy) is 1. The molecule has 3 heterocycles. The first-order chi connectivity index (χ1) is 16.1. The van der Waals surface area contributed by atoms with Crippen molar-refractivity contribution in [3.8, 4) is 22.8 Å². The third kappa shape index (κ3) is 4.24. The van der Waals surface area contributed by atoms with E-state index in [0.29, 0.717) is 6.54 Å². The lowest BCUT2D eigenvalue weighted by molar-refractivity contribution is -0.127. The van der Waals surface area contributed by atoms with E-state index in [2.05, 4.69) is 16.2 Å². The van der Waals surface area contributed by atoms with Crippen molar-refractivity contribution < 1.29 is 9.53 Å². The molecule has 4 aromatic rings. The van der Waals surface area contributed by atoms with Gasteiger partial charge in [0.05, 0.1) is 11.6 Å². The van der Waals surface area contributed by atoms with Gasteiger partial charge in [0.15, 0.2) is 0 Å². The zero-order valence-corrected chi connectivity index (χ0v) is 18.6. The smallest absolute Gasteiger partial charge is 0.246 e. The molecule has 166 valence electrons. The molecular weight excluding hydrogens is 412 g/mol. The van der Waals surface area contributed by atoms with E-state index in [9.17, 15) is 4.79 Å². The van der Waals surface area contributed by atoms with Crippen molar-refractivity contribution in [1.82, 2.24) is 19.7 Å². The molecule has 0 unspecified atom stereocenters. The minimum absolute atomic E-state index is 0.0257. The van der Waals surface area contributed by atoms with Gasteiger partial charge in [0.2, 0.25) is 5.91 Å². The van der Waals surface area contributed by atoms with E-state index in [-0.39, 0.29) is 11.9 Å². The molecule has 6 heteroatoms. The van der Waals surface area contributed by atoms with E-state index < -0.39 is 0 Å². The van der Waals surface area contributed by atoms with Gasteiger partial charge in [0, 0.05) is 36.4 Å². The Morgan fingerprint density at radius 3 is 2.79 bits per heavy atom. The van der Waals surface area contributed by atoms with Crippen LogP contribution in [0.3, 0.4) is 0 Å². The topological polar surface area (TPSA) is 60.2 Å². The summed E-state index contributed by atoms with van der Waals surface area (Å²) in [6.07, 6.45) is 6.96. The number of carbonyl (C=O) groups is 1. The Labute approximate surface area is 193 Å². The van der Waals surface area contributed by atoms with E-state index in [1.54, 1.807) is 6.20 Å². The van der Waals surface area contributed by atoms with Crippen molar-refractivity contribution in [3.05, 3.63) is 85.2 Å². The monoisotopic (exact) mass is 438 g/mol. The molecule has 1 fully saturated rings. The van der Waals surface area contributed by atoms with Gasteiger partial charge in [0.1, 0.15) is 17.2 Å². The average Bonchev–Trinajstić information content (AvgIpc) is 3.24. The zero-order valence-electron chi connectivity index (χ0n) is 18.6. The minimum atomic E-state index is -0.0257. The Hall–Kier alpha value is -3.93. The van der Waals surface area contributed by atoms with Crippen molar-refractivity contribution >= 4 is 16.8 Å². The highest BCUT2D eigenvalue weighted by Gasteiger charge is 2.26. The molecule has 2 aromatic carbocycles. The van der Waals surface area contributed by atoms with Crippen LogP contribution >= 0.6 is 0 Å². The molecule has 6 nitrogen and oxygen atoms in total. The van der Waals surface area contributed by atoms with Crippen molar-refractivity contribution in [2.75, 3.05) is 13.1 Å². The lowest BCUT2D eigenvalue weighted by atomic mass is 10.1. The number of pyridine rings is 1.